The van der Waals surface area contributed by atoms with Crippen LogP contribution in [0, 0.1) is 0 Å². The average Bonchev–Trinajstić information content (AvgIpc) is 2.53. The van der Waals surface area contributed by atoms with Crippen molar-refractivity contribution in [3.8, 4) is 5.75 Å². The zero-order chi connectivity index (χ0) is 16.7. The Balaban J connectivity index is 0.00000288. The molecule has 0 atom stereocenters. The van der Waals surface area contributed by atoms with Gasteiger partial charge in [-0.3, -0.25) is 4.79 Å². The molecular weight excluding hydrogens is 419 g/mol. The number of hydrogen-bond donors (Lipinski definition) is 3. The summed E-state index contributed by atoms with van der Waals surface area (Å²) in [6, 6.07) is 14.9. The summed E-state index contributed by atoms with van der Waals surface area (Å²) in [5, 5.41) is 5.75. The average molecular weight is 440 g/mol. The highest BCUT2D eigenvalue weighted by Gasteiger charge is 2.02. The van der Waals surface area contributed by atoms with Crippen LogP contribution in [0.1, 0.15) is 12.5 Å². The van der Waals surface area contributed by atoms with Crippen LogP contribution in [-0.4, -0.2) is 19.0 Å². The van der Waals surface area contributed by atoms with E-state index in [1.807, 2.05) is 48.5 Å². The van der Waals surface area contributed by atoms with E-state index in [0.29, 0.717) is 18.3 Å². The van der Waals surface area contributed by atoms with Gasteiger partial charge in [-0.15, -0.1) is 24.0 Å². The van der Waals surface area contributed by atoms with Gasteiger partial charge in [0.25, 0.3) is 0 Å². The molecule has 2 aromatic rings. The lowest BCUT2D eigenvalue weighted by molar-refractivity contribution is -0.114. The van der Waals surface area contributed by atoms with Crippen molar-refractivity contribution in [1.29, 1.82) is 0 Å². The largest absolute Gasteiger partial charge is 0.495 e. The third-order valence-electron chi connectivity index (χ3n) is 3.05. The van der Waals surface area contributed by atoms with Gasteiger partial charge in [0.15, 0.2) is 5.96 Å². The molecule has 0 saturated heterocycles. The Bertz CT molecular complexity index is 719. The Morgan fingerprint density at radius 3 is 2.62 bits per heavy atom. The van der Waals surface area contributed by atoms with Gasteiger partial charge in [-0.05, 0) is 29.8 Å². The van der Waals surface area contributed by atoms with Crippen molar-refractivity contribution in [3.63, 3.8) is 0 Å². The highest BCUT2D eigenvalue weighted by Crippen LogP contribution is 2.22. The van der Waals surface area contributed by atoms with Crippen molar-refractivity contribution in [2.24, 2.45) is 10.7 Å². The number of methoxy groups -OCH3 is 1. The number of carbonyl (C=O) groups excluding carboxylic acids is 1. The second-order valence-corrected chi connectivity index (χ2v) is 4.91. The third kappa shape index (κ3) is 6.07. The van der Waals surface area contributed by atoms with Crippen LogP contribution >= 0.6 is 24.0 Å². The van der Waals surface area contributed by atoms with Crippen LogP contribution in [0.3, 0.4) is 0 Å². The van der Waals surface area contributed by atoms with Gasteiger partial charge in [0.05, 0.1) is 19.3 Å². The van der Waals surface area contributed by atoms with Crippen molar-refractivity contribution in [1.82, 2.24) is 0 Å². The Morgan fingerprint density at radius 2 is 1.92 bits per heavy atom. The lowest BCUT2D eigenvalue weighted by Crippen LogP contribution is -2.22. The smallest absolute Gasteiger partial charge is 0.221 e. The van der Waals surface area contributed by atoms with Crippen LogP contribution in [0.2, 0.25) is 0 Å². The molecule has 0 aliphatic heterocycles. The molecule has 0 unspecified atom stereocenters. The van der Waals surface area contributed by atoms with Crippen LogP contribution in [-0.2, 0) is 11.3 Å². The normalized spacial score (nSPS) is 10.5. The number of ether oxygens (including phenoxy) is 1. The summed E-state index contributed by atoms with van der Waals surface area (Å²) in [4.78, 5) is 15.4. The van der Waals surface area contributed by atoms with Gasteiger partial charge in [0.2, 0.25) is 5.91 Å². The van der Waals surface area contributed by atoms with Crippen LogP contribution in [0.15, 0.2) is 53.5 Å². The number of nitrogens with zero attached hydrogens (tertiary/aromatic N) is 1. The predicted molar refractivity (Wildman–Crippen MR) is 108 cm³/mol. The fraction of sp³-hybridized carbons (Fsp3) is 0.176. The van der Waals surface area contributed by atoms with Crippen LogP contribution < -0.4 is 21.1 Å². The molecule has 2 rings (SSSR count). The highest BCUT2D eigenvalue weighted by atomic mass is 127. The van der Waals surface area contributed by atoms with Crippen LogP contribution in [0.25, 0.3) is 0 Å². The maximum Gasteiger partial charge on any atom is 0.221 e. The van der Waals surface area contributed by atoms with Crippen LogP contribution in [0.5, 0.6) is 5.75 Å². The standard InChI is InChI=1S/C17H20N4O2.HI/c1-12(22)20-14-7-5-6-13(10-14)11-19-17(18)21-15-8-3-4-9-16(15)23-2;/h3-10H,11H2,1-2H3,(H,20,22)(H3,18,19,21);1H. The molecule has 2 aromatic carbocycles. The quantitative estimate of drug-likeness (QED) is 0.379. The van der Waals surface area contributed by atoms with Gasteiger partial charge in [-0.2, -0.15) is 0 Å². The van der Waals surface area contributed by atoms with Crippen molar-refractivity contribution >= 4 is 47.2 Å². The lowest BCUT2D eigenvalue weighted by Gasteiger charge is -2.10. The third-order valence-corrected chi connectivity index (χ3v) is 3.05. The molecule has 6 nitrogen and oxygen atoms in total. The van der Waals surface area contributed by atoms with E-state index in [0.717, 1.165) is 16.9 Å². The molecule has 0 aromatic heterocycles. The van der Waals surface area contributed by atoms with Crippen molar-refractivity contribution in [2.45, 2.75) is 13.5 Å². The van der Waals surface area contributed by atoms with E-state index in [-0.39, 0.29) is 29.9 Å². The minimum Gasteiger partial charge on any atom is -0.495 e. The Hall–Kier alpha value is -2.29. The first-order valence-corrected chi connectivity index (χ1v) is 7.15. The maximum atomic E-state index is 11.1. The number of aliphatic imine (C=N–C) groups is 1. The highest BCUT2D eigenvalue weighted by molar-refractivity contribution is 14.0. The summed E-state index contributed by atoms with van der Waals surface area (Å²) >= 11 is 0. The zero-order valence-corrected chi connectivity index (χ0v) is 15.9. The summed E-state index contributed by atoms with van der Waals surface area (Å²) in [6.07, 6.45) is 0. The molecule has 128 valence electrons. The van der Waals surface area contributed by atoms with Gasteiger partial charge < -0.3 is 21.1 Å². The lowest BCUT2D eigenvalue weighted by atomic mass is 10.2. The van der Waals surface area contributed by atoms with Crippen molar-refractivity contribution in [3.05, 3.63) is 54.1 Å². The van der Waals surface area contributed by atoms with Gasteiger partial charge in [-0.25, -0.2) is 4.99 Å². The first kappa shape index (κ1) is 19.8. The summed E-state index contributed by atoms with van der Waals surface area (Å²) < 4.78 is 5.25. The fourth-order valence-corrected chi connectivity index (χ4v) is 2.05. The molecule has 0 radical (unpaired) electrons. The number of benzene rings is 2. The van der Waals surface area contributed by atoms with E-state index >= 15 is 0 Å². The molecule has 1 amide bonds. The number of amides is 1. The number of carbonyl (C=O) groups is 1. The minimum absolute atomic E-state index is 0. The molecule has 0 aliphatic carbocycles. The van der Waals surface area contributed by atoms with E-state index in [4.69, 9.17) is 10.5 Å². The molecular formula is C17H21IN4O2. The summed E-state index contributed by atoms with van der Waals surface area (Å²) in [5.41, 5.74) is 8.35. The summed E-state index contributed by atoms with van der Waals surface area (Å²) in [6.45, 7) is 1.88. The van der Waals surface area contributed by atoms with Crippen LogP contribution in [0.4, 0.5) is 11.4 Å². The van der Waals surface area contributed by atoms with E-state index < -0.39 is 0 Å². The fourth-order valence-electron chi connectivity index (χ4n) is 2.05. The van der Waals surface area contributed by atoms with Gasteiger partial charge in [0, 0.05) is 12.6 Å². The molecule has 0 aliphatic rings. The first-order valence-electron chi connectivity index (χ1n) is 7.15. The molecule has 0 bridgehead atoms. The Labute approximate surface area is 158 Å². The molecule has 0 heterocycles. The minimum atomic E-state index is -0.108. The second-order valence-electron chi connectivity index (χ2n) is 4.91. The monoisotopic (exact) mass is 440 g/mol. The predicted octanol–water partition coefficient (Wildman–Crippen LogP) is 3.20. The Kier molecular flexibility index (Phi) is 8.03. The Morgan fingerprint density at radius 1 is 1.17 bits per heavy atom. The number of rotatable bonds is 5. The van der Waals surface area contributed by atoms with Crippen molar-refractivity contribution in [2.75, 3.05) is 17.7 Å². The SMILES string of the molecule is COc1ccccc1NC(N)=NCc1cccc(NC(C)=O)c1.I. The number of anilines is 2. The molecule has 24 heavy (non-hydrogen) atoms. The van der Waals surface area contributed by atoms with E-state index in [9.17, 15) is 4.79 Å². The molecule has 7 heteroatoms. The van der Waals surface area contributed by atoms with E-state index in [1.54, 1.807) is 7.11 Å². The molecule has 0 spiro atoms. The van der Waals surface area contributed by atoms with Crippen molar-refractivity contribution < 1.29 is 9.53 Å². The maximum absolute atomic E-state index is 11.1. The van der Waals surface area contributed by atoms with Gasteiger partial charge in [0.1, 0.15) is 5.75 Å². The number of nitrogens with one attached hydrogen (secondary N) is 2. The molecule has 0 saturated carbocycles. The number of hydrogen-bond acceptors (Lipinski definition) is 3. The van der Waals surface area contributed by atoms with E-state index in [2.05, 4.69) is 15.6 Å². The van der Waals surface area contributed by atoms with Gasteiger partial charge in [-0.1, -0.05) is 24.3 Å². The summed E-state index contributed by atoms with van der Waals surface area (Å²) in [7, 11) is 1.60. The molecule has 4 N–H and O–H groups in total. The van der Waals surface area contributed by atoms with Gasteiger partial charge >= 0.3 is 0 Å². The topological polar surface area (TPSA) is 88.7 Å². The number of para-hydroxylation sites is 2. The number of guanidine groups is 1. The summed E-state index contributed by atoms with van der Waals surface area (Å²) in [5.74, 6) is 0.876. The number of halogens is 1. The molecule has 0 fully saturated rings. The second kappa shape index (κ2) is 9.76. The van der Waals surface area contributed by atoms with E-state index in [1.165, 1.54) is 6.92 Å². The first-order chi connectivity index (χ1) is 11.1. The zero-order valence-electron chi connectivity index (χ0n) is 13.6. The number of nitrogens with two attached hydrogens (primary N) is 1.